The Bertz CT molecular complexity index is 759. The first-order valence-electron chi connectivity index (χ1n) is 6.90. The molecule has 3 aromatic rings. The maximum absolute atomic E-state index is 12.3. The van der Waals surface area contributed by atoms with Gasteiger partial charge in [0.25, 0.3) is 5.91 Å². The predicted octanol–water partition coefficient (Wildman–Crippen LogP) is 2.76. The highest BCUT2D eigenvalue weighted by molar-refractivity contribution is 5.98. The molecule has 0 saturated heterocycles. The minimum Gasteiger partial charge on any atom is -0.451 e. The molecule has 0 radical (unpaired) electrons. The van der Waals surface area contributed by atoms with Gasteiger partial charge in [0, 0.05) is 35.9 Å². The molecule has 2 aromatic heterocycles. The molecule has 1 N–H and O–H groups in total. The summed E-state index contributed by atoms with van der Waals surface area (Å²) in [6.45, 7) is 4.53. The molecule has 5 nitrogen and oxygen atoms in total. The fraction of sp³-hybridized carbons (Fsp3) is 0.250. The van der Waals surface area contributed by atoms with Crippen molar-refractivity contribution in [3.05, 3.63) is 54.3 Å². The van der Waals surface area contributed by atoms with Crippen LogP contribution in [0.4, 0.5) is 0 Å². The number of carbonyl (C=O) groups excluding carboxylic acids is 1. The van der Waals surface area contributed by atoms with Crippen LogP contribution in [0.2, 0.25) is 0 Å². The van der Waals surface area contributed by atoms with Crippen molar-refractivity contribution < 1.29 is 9.21 Å². The normalized spacial score (nSPS) is 12.5. The van der Waals surface area contributed by atoms with Crippen molar-refractivity contribution in [2.75, 3.05) is 0 Å². The van der Waals surface area contributed by atoms with E-state index in [0.717, 1.165) is 16.5 Å². The highest BCUT2D eigenvalue weighted by atomic mass is 16.3. The summed E-state index contributed by atoms with van der Waals surface area (Å²) in [5, 5.41) is 3.93. The van der Waals surface area contributed by atoms with Crippen molar-refractivity contribution in [2.45, 2.75) is 26.4 Å². The fourth-order valence-electron chi connectivity index (χ4n) is 2.44. The number of amides is 1. The zero-order chi connectivity index (χ0) is 14.8. The standard InChI is InChI=1S/C16H17N3O2/c1-11(9-19-8-7-17-10-19)18-16(20)15-12(2)13-5-3-4-6-14(13)21-15/h3-8,10-11H,9H2,1-2H3,(H,18,20). The van der Waals surface area contributed by atoms with Crippen LogP contribution in [0.1, 0.15) is 23.0 Å². The van der Waals surface area contributed by atoms with E-state index in [1.165, 1.54) is 0 Å². The van der Waals surface area contributed by atoms with Gasteiger partial charge >= 0.3 is 0 Å². The molecule has 1 unspecified atom stereocenters. The summed E-state index contributed by atoms with van der Waals surface area (Å²) in [5.74, 6) is 0.199. The number of para-hydroxylation sites is 1. The first-order valence-corrected chi connectivity index (χ1v) is 6.90. The monoisotopic (exact) mass is 283 g/mol. The number of aryl methyl sites for hydroxylation is 1. The van der Waals surface area contributed by atoms with Gasteiger partial charge < -0.3 is 14.3 Å². The van der Waals surface area contributed by atoms with Crippen molar-refractivity contribution in [3.8, 4) is 0 Å². The summed E-state index contributed by atoms with van der Waals surface area (Å²) in [6, 6.07) is 7.65. The number of nitrogens with zero attached hydrogens (tertiary/aromatic N) is 2. The van der Waals surface area contributed by atoms with E-state index in [1.807, 2.05) is 48.9 Å². The lowest BCUT2D eigenvalue weighted by Gasteiger charge is -2.13. The molecule has 1 amide bonds. The van der Waals surface area contributed by atoms with Crippen LogP contribution < -0.4 is 5.32 Å². The summed E-state index contributed by atoms with van der Waals surface area (Å²) in [7, 11) is 0. The molecular weight excluding hydrogens is 266 g/mol. The van der Waals surface area contributed by atoms with Gasteiger partial charge in [-0.2, -0.15) is 0 Å². The van der Waals surface area contributed by atoms with Crippen molar-refractivity contribution >= 4 is 16.9 Å². The number of rotatable bonds is 4. The summed E-state index contributed by atoms with van der Waals surface area (Å²) < 4.78 is 7.59. The lowest BCUT2D eigenvalue weighted by Crippen LogP contribution is -2.35. The molecular formula is C16H17N3O2. The van der Waals surface area contributed by atoms with Crippen LogP contribution in [0.25, 0.3) is 11.0 Å². The van der Waals surface area contributed by atoms with E-state index >= 15 is 0 Å². The molecule has 5 heteroatoms. The van der Waals surface area contributed by atoms with E-state index in [9.17, 15) is 4.79 Å². The molecule has 1 aromatic carbocycles. The number of hydrogen-bond acceptors (Lipinski definition) is 3. The van der Waals surface area contributed by atoms with Gasteiger partial charge in [0.2, 0.25) is 0 Å². The Kier molecular flexibility index (Phi) is 3.48. The zero-order valence-corrected chi connectivity index (χ0v) is 12.0. The maximum Gasteiger partial charge on any atom is 0.287 e. The van der Waals surface area contributed by atoms with Gasteiger partial charge in [-0.05, 0) is 19.9 Å². The number of nitrogens with one attached hydrogen (secondary N) is 1. The number of furan rings is 1. The van der Waals surface area contributed by atoms with Crippen LogP contribution in [0.5, 0.6) is 0 Å². The van der Waals surface area contributed by atoms with Gasteiger partial charge in [-0.15, -0.1) is 0 Å². The van der Waals surface area contributed by atoms with E-state index in [4.69, 9.17) is 4.42 Å². The molecule has 0 bridgehead atoms. The maximum atomic E-state index is 12.3. The molecule has 0 saturated carbocycles. The Hall–Kier alpha value is -2.56. The topological polar surface area (TPSA) is 60.1 Å². The third-order valence-electron chi connectivity index (χ3n) is 3.47. The third-order valence-corrected chi connectivity index (χ3v) is 3.47. The summed E-state index contributed by atoms with van der Waals surface area (Å²) in [6.07, 6.45) is 5.32. The minimum absolute atomic E-state index is 0.0145. The Morgan fingerprint density at radius 2 is 2.24 bits per heavy atom. The van der Waals surface area contributed by atoms with Crippen LogP contribution in [-0.2, 0) is 6.54 Å². The minimum atomic E-state index is -0.184. The third kappa shape index (κ3) is 2.67. The molecule has 0 aliphatic carbocycles. The summed E-state index contributed by atoms with van der Waals surface area (Å²) >= 11 is 0. The Morgan fingerprint density at radius 1 is 1.43 bits per heavy atom. The first-order chi connectivity index (χ1) is 10.1. The van der Waals surface area contributed by atoms with E-state index in [0.29, 0.717) is 12.3 Å². The average Bonchev–Trinajstić information content (AvgIpc) is 3.07. The summed E-state index contributed by atoms with van der Waals surface area (Å²) in [4.78, 5) is 16.3. The van der Waals surface area contributed by atoms with Crippen molar-refractivity contribution in [1.82, 2.24) is 14.9 Å². The van der Waals surface area contributed by atoms with Crippen LogP contribution in [0, 0.1) is 6.92 Å². The highest BCUT2D eigenvalue weighted by Gasteiger charge is 2.18. The lowest BCUT2D eigenvalue weighted by atomic mass is 10.1. The molecule has 1 atom stereocenters. The Morgan fingerprint density at radius 3 is 2.95 bits per heavy atom. The Labute approximate surface area is 122 Å². The second kappa shape index (κ2) is 5.44. The summed E-state index contributed by atoms with van der Waals surface area (Å²) in [5.41, 5.74) is 1.61. The van der Waals surface area contributed by atoms with Gasteiger partial charge in [0.05, 0.1) is 6.33 Å². The van der Waals surface area contributed by atoms with Crippen molar-refractivity contribution in [1.29, 1.82) is 0 Å². The first kappa shape index (κ1) is 13.4. The van der Waals surface area contributed by atoms with E-state index < -0.39 is 0 Å². The highest BCUT2D eigenvalue weighted by Crippen LogP contribution is 2.24. The predicted molar refractivity (Wildman–Crippen MR) is 80.1 cm³/mol. The second-order valence-corrected chi connectivity index (χ2v) is 5.19. The number of imidazole rings is 1. The van der Waals surface area contributed by atoms with Crippen molar-refractivity contribution in [2.24, 2.45) is 0 Å². The largest absolute Gasteiger partial charge is 0.451 e. The molecule has 21 heavy (non-hydrogen) atoms. The number of hydrogen-bond donors (Lipinski definition) is 1. The van der Waals surface area contributed by atoms with Crippen molar-refractivity contribution in [3.63, 3.8) is 0 Å². The van der Waals surface area contributed by atoms with Gasteiger partial charge in [-0.3, -0.25) is 4.79 Å². The van der Waals surface area contributed by atoms with Crippen LogP contribution in [-0.4, -0.2) is 21.5 Å². The molecule has 0 fully saturated rings. The quantitative estimate of drug-likeness (QED) is 0.801. The number of fused-ring (bicyclic) bond motifs is 1. The average molecular weight is 283 g/mol. The van der Waals surface area contributed by atoms with Crippen LogP contribution >= 0.6 is 0 Å². The van der Waals surface area contributed by atoms with Gasteiger partial charge in [0.1, 0.15) is 5.58 Å². The van der Waals surface area contributed by atoms with Gasteiger partial charge in [-0.1, -0.05) is 18.2 Å². The molecule has 0 aliphatic rings. The fourth-order valence-corrected chi connectivity index (χ4v) is 2.44. The smallest absolute Gasteiger partial charge is 0.287 e. The molecule has 3 rings (SSSR count). The van der Waals surface area contributed by atoms with E-state index in [1.54, 1.807) is 12.5 Å². The van der Waals surface area contributed by atoms with Crippen LogP contribution in [0.3, 0.4) is 0 Å². The molecule has 0 spiro atoms. The van der Waals surface area contributed by atoms with Crippen LogP contribution in [0.15, 0.2) is 47.4 Å². The second-order valence-electron chi connectivity index (χ2n) is 5.19. The van der Waals surface area contributed by atoms with Gasteiger partial charge in [-0.25, -0.2) is 4.98 Å². The number of benzene rings is 1. The molecule has 108 valence electrons. The molecule has 2 heterocycles. The number of carbonyl (C=O) groups is 1. The number of aromatic nitrogens is 2. The van der Waals surface area contributed by atoms with E-state index in [-0.39, 0.29) is 11.9 Å². The zero-order valence-electron chi connectivity index (χ0n) is 12.0. The van der Waals surface area contributed by atoms with Gasteiger partial charge in [0.15, 0.2) is 5.76 Å². The van der Waals surface area contributed by atoms with E-state index in [2.05, 4.69) is 10.3 Å². The molecule has 0 aliphatic heterocycles. The Balaban J connectivity index is 1.76. The SMILES string of the molecule is Cc1c(C(=O)NC(C)Cn2ccnc2)oc2ccccc12. The lowest BCUT2D eigenvalue weighted by molar-refractivity contribution is 0.0910.